The first-order valence-electron chi connectivity index (χ1n) is 6.59. The first-order chi connectivity index (χ1) is 9.19. The monoisotopic (exact) mass is 262 g/mol. The summed E-state index contributed by atoms with van der Waals surface area (Å²) in [6.07, 6.45) is 0.377. The molecule has 2 saturated heterocycles. The smallest absolute Gasteiger partial charge is 0.255 e. The van der Waals surface area contributed by atoms with Crippen LogP contribution in [0.4, 0.5) is 5.69 Å². The van der Waals surface area contributed by atoms with Gasteiger partial charge in [-0.15, -0.1) is 0 Å². The molecule has 0 spiro atoms. The maximum atomic E-state index is 12.2. The minimum Gasteiger partial charge on any atom is -0.379 e. The molecule has 0 bridgehead atoms. The second kappa shape index (κ2) is 4.92. The van der Waals surface area contributed by atoms with E-state index in [-0.39, 0.29) is 5.91 Å². The summed E-state index contributed by atoms with van der Waals surface area (Å²) in [6.45, 7) is 4.95. The van der Waals surface area contributed by atoms with Gasteiger partial charge in [0.25, 0.3) is 5.91 Å². The third-order valence-electron chi connectivity index (χ3n) is 3.66. The molecule has 2 fully saturated rings. The molecule has 0 saturated carbocycles. The van der Waals surface area contributed by atoms with Crippen LogP contribution in [0.5, 0.6) is 0 Å². The van der Waals surface area contributed by atoms with Crippen molar-refractivity contribution >= 4 is 11.6 Å². The standard InChI is InChI=1S/C14H18N2O3/c1-14(15-7-9-18-10-8-15)11-13(17)16(19-14)12-5-3-2-4-6-12/h2-6H,7-11H2,1H3/t14-/m0/s1. The molecule has 1 atom stereocenters. The van der Waals surface area contributed by atoms with Crippen LogP contribution in [-0.4, -0.2) is 42.8 Å². The fourth-order valence-electron chi connectivity index (χ4n) is 2.60. The molecule has 0 N–H and O–H groups in total. The molecule has 2 aliphatic heterocycles. The van der Waals surface area contributed by atoms with Crippen LogP contribution in [0.25, 0.3) is 0 Å². The Morgan fingerprint density at radius 2 is 1.84 bits per heavy atom. The van der Waals surface area contributed by atoms with Crippen LogP contribution >= 0.6 is 0 Å². The van der Waals surface area contributed by atoms with Crippen molar-refractivity contribution in [3.8, 4) is 0 Å². The molecule has 1 aromatic carbocycles. The average molecular weight is 262 g/mol. The highest BCUT2D eigenvalue weighted by molar-refractivity contribution is 5.93. The van der Waals surface area contributed by atoms with Gasteiger partial charge in [-0.25, -0.2) is 4.84 Å². The quantitative estimate of drug-likeness (QED) is 0.808. The Labute approximate surface area is 112 Å². The van der Waals surface area contributed by atoms with Crippen LogP contribution in [0.1, 0.15) is 13.3 Å². The number of para-hydroxylation sites is 1. The lowest BCUT2D eigenvalue weighted by Crippen LogP contribution is -2.52. The summed E-state index contributed by atoms with van der Waals surface area (Å²) >= 11 is 0. The predicted molar refractivity (Wildman–Crippen MR) is 70.4 cm³/mol. The van der Waals surface area contributed by atoms with Gasteiger partial charge < -0.3 is 4.74 Å². The van der Waals surface area contributed by atoms with Gasteiger partial charge in [-0.3, -0.25) is 9.69 Å². The zero-order chi connectivity index (χ0) is 13.3. The Balaban J connectivity index is 1.79. The van der Waals surface area contributed by atoms with E-state index in [0.717, 1.165) is 18.8 Å². The number of benzene rings is 1. The minimum absolute atomic E-state index is 0.000178. The van der Waals surface area contributed by atoms with Crippen molar-refractivity contribution in [2.75, 3.05) is 31.4 Å². The lowest BCUT2D eigenvalue weighted by Gasteiger charge is -2.38. The first kappa shape index (κ1) is 12.6. The number of morpholine rings is 1. The highest BCUT2D eigenvalue weighted by atomic mass is 16.7. The van der Waals surface area contributed by atoms with E-state index < -0.39 is 5.72 Å². The molecule has 2 heterocycles. The molecule has 5 nitrogen and oxygen atoms in total. The fraction of sp³-hybridized carbons (Fsp3) is 0.500. The highest BCUT2D eigenvalue weighted by Gasteiger charge is 2.46. The average Bonchev–Trinajstić information content (AvgIpc) is 2.77. The number of carbonyl (C=O) groups excluding carboxylic acids is 1. The third-order valence-corrected chi connectivity index (χ3v) is 3.66. The Morgan fingerprint density at radius 3 is 2.53 bits per heavy atom. The van der Waals surface area contributed by atoms with Crippen molar-refractivity contribution in [1.29, 1.82) is 0 Å². The molecule has 3 rings (SSSR count). The second-order valence-electron chi connectivity index (χ2n) is 5.07. The molecule has 1 amide bonds. The van der Waals surface area contributed by atoms with E-state index >= 15 is 0 Å². The van der Waals surface area contributed by atoms with Gasteiger partial charge in [0, 0.05) is 13.1 Å². The van der Waals surface area contributed by atoms with Gasteiger partial charge in [-0.05, 0) is 19.1 Å². The number of ether oxygens (including phenoxy) is 1. The summed E-state index contributed by atoms with van der Waals surface area (Å²) < 4.78 is 5.35. The lowest BCUT2D eigenvalue weighted by molar-refractivity contribution is -0.146. The van der Waals surface area contributed by atoms with Crippen molar-refractivity contribution in [2.24, 2.45) is 0 Å². The molecule has 19 heavy (non-hydrogen) atoms. The Morgan fingerprint density at radius 1 is 1.16 bits per heavy atom. The molecular weight excluding hydrogens is 244 g/mol. The van der Waals surface area contributed by atoms with E-state index in [2.05, 4.69) is 4.90 Å². The summed E-state index contributed by atoms with van der Waals surface area (Å²) in [6, 6.07) is 9.48. The van der Waals surface area contributed by atoms with E-state index in [1.807, 2.05) is 37.3 Å². The molecule has 1 aromatic rings. The molecule has 0 unspecified atom stereocenters. The minimum atomic E-state index is -0.559. The number of carbonyl (C=O) groups is 1. The Hall–Kier alpha value is -1.43. The second-order valence-corrected chi connectivity index (χ2v) is 5.07. The first-order valence-corrected chi connectivity index (χ1v) is 6.59. The number of hydrogen-bond donors (Lipinski definition) is 0. The molecule has 102 valence electrons. The number of amides is 1. The normalized spacial score (nSPS) is 28.9. The van der Waals surface area contributed by atoms with Crippen molar-refractivity contribution in [3.63, 3.8) is 0 Å². The van der Waals surface area contributed by atoms with Crippen LogP contribution in [-0.2, 0) is 14.4 Å². The number of nitrogens with zero attached hydrogens (tertiary/aromatic N) is 2. The summed E-state index contributed by atoms with van der Waals surface area (Å²) in [5.74, 6) is 0.000178. The van der Waals surface area contributed by atoms with Crippen molar-refractivity contribution in [2.45, 2.75) is 19.1 Å². The molecular formula is C14H18N2O3. The summed E-state index contributed by atoms with van der Waals surface area (Å²) in [5, 5.41) is 1.41. The summed E-state index contributed by atoms with van der Waals surface area (Å²) in [7, 11) is 0. The SMILES string of the molecule is C[C@@]1(N2CCOCC2)CC(=O)N(c2ccccc2)O1. The number of rotatable bonds is 2. The van der Waals surface area contributed by atoms with E-state index in [4.69, 9.17) is 9.57 Å². The number of hydroxylamine groups is 1. The zero-order valence-corrected chi connectivity index (χ0v) is 11.0. The third kappa shape index (κ3) is 2.36. The van der Waals surface area contributed by atoms with Crippen LogP contribution in [0.15, 0.2) is 30.3 Å². The fourth-order valence-corrected chi connectivity index (χ4v) is 2.60. The largest absolute Gasteiger partial charge is 0.379 e. The van der Waals surface area contributed by atoms with Gasteiger partial charge in [0.15, 0.2) is 5.72 Å². The van der Waals surface area contributed by atoms with Crippen molar-refractivity contribution < 1.29 is 14.4 Å². The highest BCUT2D eigenvalue weighted by Crippen LogP contribution is 2.33. The van der Waals surface area contributed by atoms with Gasteiger partial charge in [0.2, 0.25) is 0 Å². The van der Waals surface area contributed by atoms with Gasteiger partial charge in [-0.2, -0.15) is 5.06 Å². The molecule has 0 aromatic heterocycles. The van der Waals surface area contributed by atoms with Crippen LogP contribution in [0.2, 0.25) is 0 Å². The van der Waals surface area contributed by atoms with E-state index in [0.29, 0.717) is 19.6 Å². The van der Waals surface area contributed by atoms with Crippen molar-refractivity contribution in [3.05, 3.63) is 30.3 Å². The topological polar surface area (TPSA) is 42.0 Å². The lowest BCUT2D eigenvalue weighted by atomic mass is 10.1. The van der Waals surface area contributed by atoms with E-state index in [9.17, 15) is 4.79 Å². The molecule has 0 aliphatic carbocycles. The molecule has 0 radical (unpaired) electrons. The summed E-state index contributed by atoms with van der Waals surface area (Å²) in [5.41, 5.74) is 0.223. The van der Waals surface area contributed by atoms with Crippen LogP contribution in [0, 0.1) is 0 Å². The predicted octanol–water partition coefficient (Wildman–Crippen LogP) is 1.40. The van der Waals surface area contributed by atoms with Crippen LogP contribution < -0.4 is 5.06 Å². The van der Waals surface area contributed by atoms with Crippen LogP contribution in [0.3, 0.4) is 0 Å². The van der Waals surface area contributed by atoms with Crippen molar-refractivity contribution in [1.82, 2.24) is 4.90 Å². The zero-order valence-electron chi connectivity index (χ0n) is 11.0. The maximum Gasteiger partial charge on any atom is 0.255 e. The van der Waals surface area contributed by atoms with E-state index in [1.54, 1.807) is 0 Å². The van der Waals surface area contributed by atoms with Gasteiger partial charge in [0.1, 0.15) is 0 Å². The van der Waals surface area contributed by atoms with Gasteiger partial charge in [0.05, 0.1) is 25.3 Å². The molecule has 2 aliphatic rings. The van der Waals surface area contributed by atoms with E-state index in [1.165, 1.54) is 5.06 Å². The number of hydrogen-bond acceptors (Lipinski definition) is 4. The maximum absolute atomic E-state index is 12.2. The Bertz CT molecular complexity index is 459. The van der Waals surface area contributed by atoms with Gasteiger partial charge in [-0.1, -0.05) is 18.2 Å². The summed E-state index contributed by atoms with van der Waals surface area (Å²) in [4.78, 5) is 20.3. The molecule has 5 heteroatoms. The number of anilines is 1. The van der Waals surface area contributed by atoms with Gasteiger partial charge >= 0.3 is 0 Å². The Kier molecular flexibility index (Phi) is 3.26.